The average molecular weight is 316 g/mol. The lowest BCUT2D eigenvalue weighted by atomic mass is 10.0. The van der Waals surface area contributed by atoms with Gasteiger partial charge in [0.15, 0.2) is 0 Å². The lowest BCUT2D eigenvalue weighted by Crippen LogP contribution is -2.53. The molecule has 2 fully saturated rings. The lowest BCUT2D eigenvalue weighted by molar-refractivity contribution is 0.0315. The molecule has 1 N–H and O–H groups in total. The molecule has 2 aliphatic heterocycles. The number of piperazine rings is 1. The van der Waals surface area contributed by atoms with Crippen LogP contribution in [0, 0.1) is 0 Å². The number of aliphatic hydroxyl groups excluding tert-OH is 1. The highest BCUT2D eigenvalue weighted by Crippen LogP contribution is 2.26. The molecule has 1 saturated carbocycles. The summed E-state index contributed by atoms with van der Waals surface area (Å²) in [4.78, 5) is 17.0. The first-order valence-corrected chi connectivity index (χ1v) is 8.63. The van der Waals surface area contributed by atoms with Gasteiger partial charge in [0, 0.05) is 37.8 Å². The van der Waals surface area contributed by atoms with E-state index in [-0.39, 0.29) is 12.0 Å². The predicted octanol–water partition coefficient (Wildman–Crippen LogP) is 1.39. The van der Waals surface area contributed by atoms with E-state index in [2.05, 4.69) is 4.90 Å². The normalized spacial score (nSPS) is 28.1. The van der Waals surface area contributed by atoms with Crippen molar-refractivity contribution in [2.24, 2.45) is 0 Å². The van der Waals surface area contributed by atoms with E-state index >= 15 is 0 Å². The van der Waals surface area contributed by atoms with Crippen LogP contribution in [0.25, 0.3) is 0 Å². The van der Waals surface area contributed by atoms with E-state index in [9.17, 15) is 9.90 Å². The zero-order valence-electron chi connectivity index (χ0n) is 13.4. The second kappa shape index (κ2) is 6.23. The second-order valence-corrected chi connectivity index (χ2v) is 6.87. The number of amides is 1. The zero-order chi connectivity index (χ0) is 15.8. The molecule has 1 saturated heterocycles. The monoisotopic (exact) mass is 316 g/mol. The second-order valence-electron chi connectivity index (χ2n) is 6.87. The van der Waals surface area contributed by atoms with Crippen molar-refractivity contribution < 1.29 is 14.6 Å². The molecular formula is C18H24N2O3. The van der Waals surface area contributed by atoms with Crippen LogP contribution in [-0.4, -0.2) is 59.1 Å². The fourth-order valence-electron chi connectivity index (χ4n) is 4.09. The average Bonchev–Trinajstić information content (AvgIpc) is 3.22. The van der Waals surface area contributed by atoms with Gasteiger partial charge >= 0.3 is 0 Å². The van der Waals surface area contributed by atoms with Gasteiger partial charge in [-0.25, -0.2) is 0 Å². The molecule has 5 heteroatoms. The fraction of sp³-hybridized carbons (Fsp3) is 0.611. The smallest absolute Gasteiger partial charge is 0.253 e. The van der Waals surface area contributed by atoms with E-state index in [1.54, 1.807) is 0 Å². The van der Waals surface area contributed by atoms with Crippen molar-refractivity contribution in [2.75, 3.05) is 26.2 Å². The number of rotatable bonds is 2. The summed E-state index contributed by atoms with van der Waals surface area (Å²) in [5, 5.41) is 10.0. The molecule has 1 aromatic rings. The van der Waals surface area contributed by atoms with Crippen LogP contribution in [0.5, 0.6) is 0 Å². The van der Waals surface area contributed by atoms with Crippen molar-refractivity contribution in [1.82, 2.24) is 9.80 Å². The Balaban J connectivity index is 1.39. The highest BCUT2D eigenvalue weighted by Gasteiger charge is 2.33. The van der Waals surface area contributed by atoms with E-state index in [0.717, 1.165) is 56.6 Å². The highest BCUT2D eigenvalue weighted by molar-refractivity contribution is 5.94. The first-order valence-electron chi connectivity index (χ1n) is 8.63. The first kappa shape index (κ1) is 15.1. The molecular weight excluding hydrogens is 292 g/mol. The first-order chi connectivity index (χ1) is 11.2. The van der Waals surface area contributed by atoms with Gasteiger partial charge in [0.2, 0.25) is 0 Å². The third-order valence-corrected chi connectivity index (χ3v) is 5.48. The SMILES string of the molecule is O=C(c1ccc2c(c1)COC2)N1CCN([C@@H]2CCC[C@H]2O)CC1. The molecule has 23 heavy (non-hydrogen) atoms. The van der Waals surface area contributed by atoms with Crippen LogP contribution in [0.2, 0.25) is 0 Å². The van der Waals surface area contributed by atoms with Gasteiger partial charge < -0.3 is 14.7 Å². The molecule has 4 rings (SSSR count). The van der Waals surface area contributed by atoms with Crippen LogP contribution in [0.3, 0.4) is 0 Å². The van der Waals surface area contributed by atoms with Crippen LogP contribution in [0.15, 0.2) is 18.2 Å². The Hall–Kier alpha value is -1.43. The molecule has 0 bridgehead atoms. The van der Waals surface area contributed by atoms with E-state index in [1.165, 1.54) is 5.56 Å². The van der Waals surface area contributed by atoms with Crippen LogP contribution >= 0.6 is 0 Å². The minimum Gasteiger partial charge on any atom is -0.391 e. The summed E-state index contributed by atoms with van der Waals surface area (Å²) in [7, 11) is 0. The standard InChI is InChI=1S/C18H24N2O3/c21-17-3-1-2-16(17)19-6-8-20(9-7-19)18(22)13-4-5-14-11-23-12-15(14)10-13/h4-5,10,16-17,21H,1-3,6-9,11-12H2/t16-,17-/m1/s1. The van der Waals surface area contributed by atoms with Gasteiger partial charge in [0.05, 0.1) is 19.3 Å². The van der Waals surface area contributed by atoms with E-state index in [4.69, 9.17) is 4.74 Å². The maximum absolute atomic E-state index is 12.7. The van der Waals surface area contributed by atoms with Crippen LogP contribution in [-0.2, 0) is 18.0 Å². The molecule has 1 aliphatic carbocycles. The molecule has 1 amide bonds. The molecule has 1 aromatic carbocycles. The molecule has 2 atom stereocenters. The molecule has 3 aliphatic rings. The van der Waals surface area contributed by atoms with Crippen molar-refractivity contribution >= 4 is 5.91 Å². The number of benzene rings is 1. The minimum atomic E-state index is -0.186. The Kier molecular flexibility index (Phi) is 4.09. The Morgan fingerprint density at radius 2 is 1.87 bits per heavy atom. The highest BCUT2D eigenvalue weighted by atomic mass is 16.5. The summed E-state index contributed by atoms with van der Waals surface area (Å²) in [6.07, 6.45) is 2.93. The Morgan fingerprint density at radius 3 is 2.61 bits per heavy atom. The fourth-order valence-corrected chi connectivity index (χ4v) is 4.09. The van der Waals surface area contributed by atoms with Crippen molar-refractivity contribution in [3.63, 3.8) is 0 Å². The molecule has 0 radical (unpaired) electrons. The van der Waals surface area contributed by atoms with Crippen molar-refractivity contribution in [3.8, 4) is 0 Å². The van der Waals surface area contributed by atoms with Crippen LogP contribution in [0.4, 0.5) is 0 Å². The molecule has 2 heterocycles. The molecule has 5 nitrogen and oxygen atoms in total. The van der Waals surface area contributed by atoms with Crippen molar-refractivity contribution in [1.29, 1.82) is 0 Å². The summed E-state index contributed by atoms with van der Waals surface area (Å²) in [5.74, 6) is 0.117. The van der Waals surface area contributed by atoms with E-state index < -0.39 is 0 Å². The van der Waals surface area contributed by atoms with Gasteiger partial charge in [-0.3, -0.25) is 9.69 Å². The maximum atomic E-state index is 12.7. The summed E-state index contributed by atoms with van der Waals surface area (Å²) in [6, 6.07) is 6.21. The van der Waals surface area contributed by atoms with Crippen LogP contribution < -0.4 is 0 Å². The lowest BCUT2D eigenvalue weighted by Gasteiger charge is -2.39. The summed E-state index contributed by atoms with van der Waals surface area (Å²) >= 11 is 0. The number of aliphatic hydroxyl groups is 1. The number of nitrogens with zero attached hydrogens (tertiary/aromatic N) is 2. The van der Waals surface area contributed by atoms with E-state index in [0.29, 0.717) is 19.3 Å². The van der Waals surface area contributed by atoms with Crippen molar-refractivity contribution in [3.05, 3.63) is 34.9 Å². The number of hydrogen-bond acceptors (Lipinski definition) is 4. The Morgan fingerprint density at radius 1 is 1.09 bits per heavy atom. The summed E-state index contributed by atoms with van der Waals surface area (Å²) in [6.45, 7) is 4.49. The van der Waals surface area contributed by atoms with Gasteiger partial charge in [0.1, 0.15) is 0 Å². The third kappa shape index (κ3) is 2.89. The summed E-state index contributed by atoms with van der Waals surface area (Å²) < 4.78 is 5.42. The molecule has 0 aromatic heterocycles. The predicted molar refractivity (Wildman–Crippen MR) is 86.1 cm³/mol. The molecule has 124 valence electrons. The van der Waals surface area contributed by atoms with Crippen molar-refractivity contribution in [2.45, 2.75) is 44.6 Å². The third-order valence-electron chi connectivity index (χ3n) is 5.48. The Labute approximate surface area is 136 Å². The zero-order valence-corrected chi connectivity index (χ0v) is 13.4. The quantitative estimate of drug-likeness (QED) is 0.896. The minimum absolute atomic E-state index is 0.117. The van der Waals surface area contributed by atoms with Gasteiger partial charge in [-0.05, 0) is 42.5 Å². The van der Waals surface area contributed by atoms with E-state index in [1.807, 2.05) is 23.1 Å². The number of fused-ring (bicyclic) bond motifs is 1. The van der Waals surface area contributed by atoms with Gasteiger partial charge in [0.25, 0.3) is 5.91 Å². The van der Waals surface area contributed by atoms with Gasteiger partial charge in [-0.1, -0.05) is 6.07 Å². The number of carbonyl (C=O) groups excluding carboxylic acids is 1. The molecule has 0 spiro atoms. The van der Waals surface area contributed by atoms with Crippen LogP contribution in [0.1, 0.15) is 40.7 Å². The number of ether oxygens (including phenoxy) is 1. The maximum Gasteiger partial charge on any atom is 0.253 e. The molecule has 0 unspecified atom stereocenters. The Bertz CT molecular complexity index is 596. The largest absolute Gasteiger partial charge is 0.391 e. The summed E-state index contributed by atoms with van der Waals surface area (Å²) in [5.41, 5.74) is 3.11. The van der Waals surface area contributed by atoms with Gasteiger partial charge in [-0.15, -0.1) is 0 Å². The number of carbonyl (C=O) groups is 1. The van der Waals surface area contributed by atoms with Gasteiger partial charge in [-0.2, -0.15) is 0 Å². The number of hydrogen-bond donors (Lipinski definition) is 1. The topological polar surface area (TPSA) is 53.0 Å².